The van der Waals surface area contributed by atoms with Crippen molar-refractivity contribution in [3.05, 3.63) is 60.8 Å². The topological polar surface area (TPSA) is 85.4 Å². The third-order valence-electron chi connectivity index (χ3n) is 3.93. The van der Waals surface area contributed by atoms with Gasteiger partial charge < -0.3 is 15.3 Å². The predicted molar refractivity (Wildman–Crippen MR) is 89.7 cm³/mol. The molecule has 0 amide bonds. The summed E-state index contributed by atoms with van der Waals surface area (Å²) in [5, 5.41) is 1.14. The Labute approximate surface area is 133 Å². The van der Waals surface area contributed by atoms with Crippen LogP contribution in [0.15, 0.2) is 55.2 Å². The second-order valence-corrected chi connectivity index (χ2v) is 5.38. The van der Waals surface area contributed by atoms with Crippen LogP contribution < -0.4 is 5.73 Å². The highest BCUT2D eigenvalue weighted by molar-refractivity contribution is 5.93. The van der Waals surface area contributed by atoms with Gasteiger partial charge in [0.1, 0.15) is 5.65 Å². The van der Waals surface area contributed by atoms with Gasteiger partial charge in [-0.05, 0) is 36.2 Å². The largest absolute Gasteiger partial charge is 0.368 e. The summed E-state index contributed by atoms with van der Waals surface area (Å²) in [5.41, 5.74) is 9.97. The Morgan fingerprint density at radius 1 is 1.09 bits per heavy atom. The number of anilines is 1. The van der Waals surface area contributed by atoms with Crippen molar-refractivity contribution in [3.63, 3.8) is 0 Å². The minimum absolute atomic E-state index is 0.288. The number of aromatic nitrogens is 5. The summed E-state index contributed by atoms with van der Waals surface area (Å²) in [7, 11) is 0. The van der Waals surface area contributed by atoms with E-state index in [0.29, 0.717) is 0 Å². The fraction of sp³-hybridized carbons (Fsp3) is 0.118. The lowest BCUT2D eigenvalue weighted by atomic mass is 10.2. The van der Waals surface area contributed by atoms with Gasteiger partial charge >= 0.3 is 0 Å². The van der Waals surface area contributed by atoms with Gasteiger partial charge in [-0.1, -0.05) is 0 Å². The molecule has 6 heteroatoms. The van der Waals surface area contributed by atoms with Crippen molar-refractivity contribution in [1.29, 1.82) is 0 Å². The number of nitrogens with one attached hydrogen (secondary N) is 1. The fourth-order valence-corrected chi connectivity index (χ4v) is 2.81. The lowest BCUT2D eigenvalue weighted by Gasteiger charge is -2.04. The zero-order chi connectivity index (χ0) is 15.6. The summed E-state index contributed by atoms with van der Waals surface area (Å²) in [5.74, 6) is 0.288. The average molecular weight is 304 g/mol. The van der Waals surface area contributed by atoms with Crippen molar-refractivity contribution in [2.24, 2.45) is 0 Å². The molecule has 23 heavy (non-hydrogen) atoms. The average Bonchev–Trinajstić information content (AvgIpc) is 3.17. The molecule has 0 saturated carbocycles. The first kappa shape index (κ1) is 13.5. The number of fused-ring (bicyclic) bond motifs is 1. The van der Waals surface area contributed by atoms with Crippen LogP contribution in [0.2, 0.25) is 0 Å². The van der Waals surface area contributed by atoms with Gasteiger partial charge in [-0.3, -0.25) is 4.98 Å². The first-order valence-electron chi connectivity index (χ1n) is 7.45. The van der Waals surface area contributed by atoms with Crippen molar-refractivity contribution in [2.45, 2.75) is 13.0 Å². The molecular weight excluding hydrogens is 288 g/mol. The predicted octanol–water partition coefficient (Wildman–Crippen LogP) is 2.65. The molecule has 0 unspecified atom stereocenters. The second kappa shape index (κ2) is 5.57. The number of H-pyrrole nitrogens is 1. The zero-order valence-electron chi connectivity index (χ0n) is 12.5. The maximum absolute atomic E-state index is 5.71. The van der Waals surface area contributed by atoms with E-state index in [9.17, 15) is 0 Å². The number of rotatable bonds is 4. The van der Waals surface area contributed by atoms with Crippen LogP contribution in [0.4, 0.5) is 5.95 Å². The van der Waals surface area contributed by atoms with Gasteiger partial charge in [-0.15, -0.1) is 0 Å². The number of nitrogens with two attached hydrogens (primary N) is 1. The molecular formula is C17H16N6. The van der Waals surface area contributed by atoms with E-state index in [-0.39, 0.29) is 5.95 Å². The van der Waals surface area contributed by atoms with Gasteiger partial charge in [0.25, 0.3) is 0 Å². The van der Waals surface area contributed by atoms with Crippen LogP contribution in [0, 0.1) is 0 Å². The third-order valence-corrected chi connectivity index (χ3v) is 3.93. The Hall–Kier alpha value is -3.15. The lowest BCUT2D eigenvalue weighted by molar-refractivity contribution is 0.716. The fourth-order valence-electron chi connectivity index (χ4n) is 2.81. The molecule has 0 spiro atoms. The molecule has 0 aliphatic carbocycles. The first-order valence-corrected chi connectivity index (χ1v) is 7.45. The molecule has 0 atom stereocenters. The SMILES string of the molecule is Nc1nccc(-c2cn(CCc3ccncc3)c3[nH]ccc23)n1. The Bertz CT molecular complexity index is 938. The normalized spacial score (nSPS) is 11.1. The molecule has 4 aromatic heterocycles. The van der Waals surface area contributed by atoms with E-state index in [4.69, 9.17) is 5.73 Å². The van der Waals surface area contributed by atoms with E-state index in [1.807, 2.05) is 36.8 Å². The molecule has 0 saturated heterocycles. The Morgan fingerprint density at radius 2 is 1.96 bits per heavy atom. The molecule has 0 aliphatic rings. The van der Waals surface area contributed by atoms with Crippen LogP contribution in [0.1, 0.15) is 5.56 Å². The summed E-state index contributed by atoms with van der Waals surface area (Å²) < 4.78 is 2.21. The van der Waals surface area contributed by atoms with E-state index < -0.39 is 0 Å². The molecule has 3 N–H and O–H groups in total. The number of aryl methyl sites for hydroxylation is 2. The third kappa shape index (κ3) is 2.55. The number of aromatic amines is 1. The molecule has 4 heterocycles. The van der Waals surface area contributed by atoms with Gasteiger partial charge in [0.15, 0.2) is 0 Å². The van der Waals surface area contributed by atoms with Gasteiger partial charge in [0.05, 0.1) is 5.69 Å². The van der Waals surface area contributed by atoms with Crippen molar-refractivity contribution < 1.29 is 0 Å². The van der Waals surface area contributed by atoms with E-state index in [1.54, 1.807) is 6.20 Å². The highest BCUT2D eigenvalue weighted by Crippen LogP contribution is 2.29. The minimum Gasteiger partial charge on any atom is -0.368 e. The van der Waals surface area contributed by atoms with Gasteiger partial charge in [-0.2, -0.15) is 0 Å². The first-order chi connectivity index (χ1) is 11.3. The molecule has 0 aromatic carbocycles. The highest BCUT2D eigenvalue weighted by Gasteiger charge is 2.12. The molecule has 0 bridgehead atoms. The van der Waals surface area contributed by atoms with Gasteiger partial charge in [0.2, 0.25) is 5.95 Å². The summed E-state index contributed by atoms with van der Waals surface area (Å²) in [6, 6.07) is 8.03. The second-order valence-electron chi connectivity index (χ2n) is 5.38. The zero-order valence-corrected chi connectivity index (χ0v) is 12.5. The lowest BCUT2D eigenvalue weighted by Crippen LogP contribution is -2.00. The molecule has 4 rings (SSSR count). The molecule has 6 nitrogen and oxygen atoms in total. The van der Waals surface area contributed by atoms with E-state index in [2.05, 4.69) is 36.8 Å². The number of hydrogen-bond acceptors (Lipinski definition) is 4. The molecule has 0 aliphatic heterocycles. The summed E-state index contributed by atoms with van der Waals surface area (Å²) in [4.78, 5) is 15.7. The Kier molecular flexibility index (Phi) is 3.27. The molecule has 0 fully saturated rings. The molecule has 114 valence electrons. The number of pyridine rings is 1. The van der Waals surface area contributed by atoms with Gasteiger partial charge in [0, 0.05) is 48.5 Å². The van der Waals surface area contributed by atoms with Crippen molar-refractivity contribution in [2.75, 3.05) is 5.73 Å². The monoisotopic (exact) mass is 304 g/mol. The van der Waals surface area contributed by atoms with E-state index >= 15 is 0 Å². The van der Waals surface area contributed by atoms with Crippen molar-refractivity contribution in [3.8, 4) is 11.3 Å². The standard InChI is InChI=1S/C17H16N6/c18-17-21-9-4-15(22-17)14-11-23(16-13(14)3-8-20-16)10-5-12-1-6-19-7-2-12/h1-4,6-9,11,20H,5,10H2,(H2,18,21,22). The molecule has 4 aromatic rings. The minimum atomic E-state index is 0.288. The van der Waals surface area contributed by atoms with Crippen LogP contribution in [-0.4, -0.2) is 24.5 Å². The summed E-state index contributed by atoms with van der Waals surface area (Å²) in [6.45, 7) is 0.877. The Morgan fingerprint density at radius 3 is 2.78 bits per heavy atom. The van der Waals surface area contributed by atoms with Crippen LogP contribution in [0.25, 0.3) is 22.3 Å². The summed E-state index contributed by atoms with van der Waals surface area (Å²) in [6.07, 6.45) is 10.3. The van der Waals surface area contributed by atoms with Crippen LogP contribution in [-0.2, 0) is 13.0 Å². The highest BCUT2D eigenvalue weighted by atomic mass is 15.0. The number of nitrogen functional groups attached to an aromatic ring is 1. The van der Waals surface area contributed by atoms with Gasteiger partial charge in [-0.25, -0.2) is 9.97 Å². The maximum atomic E-state index is 5.71. The molecule has 0 radical (unpaired) electrons. The number of nitrogens with zero attached hydrogens (tertiary/aromatic N) is 4. The van der Waals surface area contributed by atoms with E-state index in [1.165, 1.54) is 5.56 Å². The maximum Gasteiger partial charge on any atom is 0.220 e. The Balaban J connectivity index is 1.70. The van der Waals surface area contributed by atoms with Crippen LogP contribution in [0.3, 0.4) is 0 Å². The van der Waals surface area contributed by atoms with Crippen molar-refractivity contribution >= 4 is 17.0 Å². The van der Waals surface area contributed by atoms with E-state index in [0.717, 1.165) is 35.3 Å². The van der Waals surface area contributed by atoms with Crippen LogP contribution >= 0.6 is 0 Å². The smallest absolute Gasteiger partial charge is 0.220 e. The quantitative estimate of drug-likeness (QED) is 0.607. The van der Waals surface area contributed by atoms with Crippen molar-refractivity contribution in [1.82, 2.24) is 24.5 Å². The number of hydrogen-bond donors (Lipinski definition) is 2. The van der Waals surface area contributed by atoms with Crippen LogP contribution in [0.5, 0.6) is 0 Å². The summed E-state index contributed by atoms with van der Waals surface area (Å²) >= 11 is 0.